The molecule has 3 aliphatic rings. The van der Waals surface area contributed by atoms with Crippen LogP contribution in [0.3, 0.4) is 0 Å². The fourth-order valence-corrected chi connectivity index (χ4v) is 5.23. The number of benzene rings is 1. The van der Waals surface area contributed by atoms with Crippen LogP contribution < -0.4 is 5.32 Å². The van der Waals surface area contributed by atoms with Gasteiger partial charge in [0.1, 0.15) is 5.69 Å². The number of fused-ring (bicyclic) bond motifs is 1. The van der Waals surface area contributed by atoms with Crippen molar-refractivity contribution >= 4 is 46.3 Å². The number of hydrogen-bond acceptors (Lipinski definition) is 7. The maximum absolute atomic E-state index is 13.2. The highest BCUT2D eigenvalue weighted by Gasteiger charge is 2.26. The number of aromatic amines is 1. The summed E-state index contributed by atoms with van der Waals surface area (Å²) in [5.74, 6) is 0.689. The van der Waals surface area contributed by atoms with Crippen LogP contribution in [0.2, 0.25) is 0 Å². The Morgan fingerprint density at radius 1 is 0.947 bits per heavy atom. The third-order valence-electron chi connectivity index (χ3n) is 7.37. The van der Waals surface area contributed by atoms with Crippen molar-refractivity contribution in [3.05, 3.63) is 54.0 Å². The summed E-state index contributed by atoms with van der Waals surface area (Å²) >= 11 is 0. The van der Waals surface area contributed by atoms with E-state index in [1.807, 2.05) is 46.3 Å². The quantitative estimate of drug-likeness (QED) is 0.525. The van der Waals surface area contributed by atoms with Gasteiger partial charge < -0.3 is 20.1 Å². The van der Waals surface area contributed by atoms with Gasteiger partial charge in [0.05, 0.1) is 17.9 Å². The summed E-state index contributed by atoms with van der Waals surface area (Å²) in [6, 6.07) is 9.63. The average molecular weight is 513 g/mol. The lowest BCUT2D eigenvalue weighted by Crippen LogP contribution is -2.51. The third-order valence-corrected chi connectivity index (χ3v) is 7.37. The number of aromatic nitrogens is 3. The molecule has 10 nitrogen and oxygen atoms in total. The SMILES string of the molecule is O=C(CN1CCN(C(=O)c2cc3cc(Nc4nccc(C5=CCCC=N5)n4)ccc3[nH]2)CC1)N1CCCC1. The molecule has 3 aromatic rings. The molecule has 2 N–H and O–H groups in total. The van der Waals surface area contributed by atoms with E-state index in [9.17, 15) is 9.59 Å². The Morgan fingerprint density at radius 2 is 1.79 bits per heavy atom. The largest absolute Gasteiger partial charge is 0.351 e. The van der Waals surface area contributed by atoms with Gasteiger partial charge in [-0.2, -0.15) is 0 Å². The van der Waals surface area contributed by atoms with Crippen LogP contribution >= 0.6 is 0 Å². The smallest absolute Gasteiger partial charge is 0.270 e. The number of anilines is 2. The Hall–Kier alpha value is -4.05. The fourth-order valence-electron chi connectivity index (χ4n) is 5.23. The van der Waals surface area contributed by atoms with E-state index >= 15 is 0 Å². The molecule has 10 heteroatoms. The molecule has 0 unspecified atom stereocenters. The summed E-state index contributed by atoms with van der Waals surface area (Å²) in [6.07, 6.45) is 9.85. The minimum atomic E-state index is -0.0152. The van der Waals surface area contributed by atoms with E-state index in [1.165, 1.54) is 0 Å². The van der Waals surface area contributed by atoms with Crippen LogP contribution in [-0.4, -0.2) is 93.5 Å². The van der Waals surface area contributed by atoms with Gasteiger partial charge in [0, 0.05) is 68.3 Å². The lowest BCUT2D eigenvalue weighted by Gasteiger charge is -2.34. The van der Waals surface area contributed by atoms with E-state index in [-0.39, 0.29) is 11.8 Å². The van der Waals surface area contributed by atoms with Crippen molar-refractivity contribution in [3.8, 4) is 0 Å². The predicted octanol–water partition coefficient (Wildman–Crippen LogP) is 3.29. The zero-order valence-electron chi connectivity index (χ0n) is 21.4. The van der Waals surface area contributed by atoms with E-state index in [4.69, 9.17) is 0 Å². The van der Waals surface area contributed by atoms with E-state index in [0.29, 0.717) is 44.4 Å². The zero-order valence-corrected chi connectivity index (χ0v) is 21.4. The predicted molar refractivity (Wildman–Crippen MR) is 147 cm³/mol. The highest BCUT2D eigenvalue weighted by Crippen LogP contribution is 2.24. The van der Waals surface area contributed by atoms with Crippen molar-refractivity contribution in [2.75, 3.05) is 51.1 Å². The van der Waals surface area contributed by atoms with E-state index in [2.05, 4.69) is 36.2 Å². The monoisotopic (exact) mass is 512 g/mol. The third kappa shape index (κ3) is 5.31. The standard InChI is InChI=1S/C28H32N8O2/c37-26(35-11-3-4-12-35)19-34-13-15-36(16-14-34)27(38)25-18-20-17-21(6-7-22(20)32-25)31-28-30-10-8-24(33-28)23-5-1-2-9-29-23/h5-10,17-18,32H,1-4,11-16,19H2,(H,30,31,33). The molecule has 2 fully saturated rings. The van der Waals surface area contributed by atoms with E-state index in [1.54, 1.807) is 6.20 Å². The summed E-state index contributed by atoms with van der Waals surface area (Å²) < 4.78 is 0. The summed E-state index contributed by atoms with van der Waals surface area (Å²) in [7, 11) is 0. The second kappa shape index (κ2) is 10.7. The first-order chi connectivity index (χ1) is 18.6. The lowest BCUT2D eigenvalue weighted by molar-refractivity contribution is -0.131. The van der Waals surface area contributed by atoms with Crippen LogP contribution in [0.15, 0.2) is 47.6 Å². The number of likely N-dealkylation sites (tertiary alicyclic amines) is 1. The molecular formula is C28H32N8O2. The number of H-pyrrole nitrogens is 1. The van der Waals surface area contributed by atoms with Gasteiger partial charge in [-0.1, -0.05) is 6.08 Å². The fraction of sp³-hybridized carbons (Fsp3) is 0.393. The maximum Gasteiger partial charge on any atom is 0.270 e. The summed E-state index contributed by atoms with van der Waals surface area (Å²) in [5, 5.41) is 4.21. The number of piperazine rings is 1. The number of aliphatic imine (C=N–C) groups is 1. The Kier molecular flexibility index (Phi) is 6.87. The van der Waals surface area contributed by atoms with Gasteiger partial charge in [-0.3, -0.25) is 19.5 Å². The Morgan fingerprint density at radius 3 is 2.58 bits per heavy atom. The van der Waals surface area contributed by atoms with Gasteiger partial charge in [-0.15, -0.1) is 0 Å². The number of amides is 2. The summed E-state index contributed by atoms with van der Waals surface area (Å²) in [6.45, 7) is 4.84. The van der Waals surface area contributed by atoms with Crippen LogP contribution in [0, 0.1) is 0 Å². The molecule has 2 aromatic heterocycles. The number of allylic oxidation sites excluding steroid dienone is 1. The summed E-state index contributed by atoms with van der Waals surface area (Å²) in [4.78, 5) is 48.3. The van der Waals surface area contributed by atoms with Crippen LogP contribution in [-0.2, 0) is 4.79 Å². The highest BCUT2D eigenvalue weighted by molar-refractivity contribution is 5.99. The molecule has 0 atom stereocenters. The zero-order chi connectivity index (χ0) is 25.9. The first-order valence-corrected chi connectivity index (χ1v) is 13.4. The Bertz CT molecular complexity index is 1400. The highest BCUT2D eigenvalue weighted by atomic mass is 16.2. The van der Waals surface area contributed by atoms with Gasteiger partial charge in [0.15, 0.2) is 0 Å². The van der Waals surface area contributed by atoms with Gasteiger partial charge in [-0.05, 0) is 56.0 Å². The molecule has 196 valence electrons. The van der Waals surface area contributed by atoms with Gasteiger partial charge in [0.25, 0.3) is 5.91 Å². The van der Waals surface area contributed by atoms with Crippen molar-refractivity contribution in [2.24, 2.45) is 4.99 Å². The first-order valence-electron chi connectivity index (χ1n) is 13.4. The number of rotatable bonds is 6. The number of carbonyl (C=O) groups is 2. The van der Waals surface area contributed by atoms with E-state index < -0.39 is 0 Å². The second-order valence-corrected chi connectivity index (χ2v) is 10.0. The molecule has 1 aromatic carbocycles. The average Bonchev–Trinajstić information content (AvgIpc) is 3.64. The molecule has 2 amide bonds. The summed E-state index contributed by atoms with van der Waals surface area (Å²) in [5.41, 5.74) is 3.95. The van der Waals surface area contributed by atoms with Crippen molar-refractivity contribution in [3.63, 3.8) is 0 Å². The topological polar surface area (TPSA) is 110 Å². The van der Waals surface area contributed by atoms with Crippen molar-refractivity contribution in [1.29, 1.82) is 0 Å². The Balaban J connectivity index is 1.08. The molecule has 3 aliphatic heterocycles. The Labute approximate surface area is 221 Å². The minimum Gasteiger partial charge on any atom is -0.351 e. The van der Waals surface area contributed by atoms with Gasteiger partial charge in [0.2, 0.25) is 11.9 Å². The number of nitrogens with one attached hydrogen (secondary N) is 2. The second-order valence-electron chi connectivity index (χ2n) is 10.0. The van der Waals surface area contributed by atoms with Gasteiger partial charge >= 0.3 is 0 Å². The van der Waals surface area contributed by atoms with Crippen LogP contribution in [0.1, 0.15) is 41.9 Å². The molecule has 0 radical (unpaired) electrons. The molecule has 0 bridgehead atoms. The number of carbonyl (C=O) groups excluding carboxylic acids is 2. The first kappa shape index (κ1) is 24.3. The molecule has 0 aliphatic carbocycles. The normalized spacial score (nSPS) is 18.2. The number of hydrogen-bond donors (Lipinski definition) is 2. The van der Waals surface area contributed by atoms with E-state index in [0.717, 1.165) is 66.8 Å². The molecule has 0 spiro atoms. The number of nitrogens with zero attached hydrogens (tertiary/aromatic N) is 6. The van der Waals surface area contributed by atoms with Gasteiger partial charge in [-0.25, -0.2) is 9.97 Å². The van der Waals surface area contributed by atoms with Crippen molar-refractivity contribution in [1.82, 2.24) is 29.7 Å². The molecular weight excluding hydrogens is 480 g/mol. The van der Waals surface area contributed by atoms with Crippen molar-refractivity contribution in [2.45, 2.75) is 25.7 Å². The van der Waals surface area contributed by atoms with Crippen LogP contribution in [0.5, 0.6) is 0 Å². The molecule has 2 saturated heterocycles. The van der Waals surface area contributed by atoms with Crippen molar-refractivity contribution < 1.29 is 9.59 Å². The van der Waals surface area contributed by atoms with Crippen LogP contribution in [0.4, 0.5) is 11.6 Å². The van der Waals surface area contributed by atoms with Crippen LogP contribution in [0.25, 0.3) is 16.6 Å². The molecule has 0 saturated carbocycles. The minimum absolute atomic E-state index is 0.0152. The molecule has 38 heavy (non-hydrogen) atoms. The maximum atomic E-state index is 13.2. The molecule has 5 heterocycles. The molecule has 6 rings (SSSR count). The lowest BCUT2D eigenvalue weighted by atomic mass is 10.2.